The molecule has 2 heterocycles. The minimum absolute atomic E-state index is 0.156. The molecule has 2 aromatic carbocycles. The fraction of sp³-hybridized carbons (Fsp3) is 0.375. The van der Waals surface area contributed by atoms with Crippen molar-refractivity contribution in [2.24, 2.45) is 0 Å². The highest BCUT2D eigenvalue weighted by molar-refractivity contribution is 6.52. The van der Waals surface area contributed by atoms with Crippen LogP contribution in [0.4, 0.5) is 11.4 Å². The number of fused-ring (bicyclic) bond motifs is 4. The summed E-state index contributed by atoms with van der Waals surface area (Å²) in [6.45, 7) is 7.87. The Morgan fingerprint density at radius 1 is 0.862 bits per heavy atom. The van der Waals surface area contributed by atoms with Gasteiger partial charge < -0.3 is 10.6 Å². The highest BCUT2D eigenvalue weighted by atomic mass is 16.2. The second-order valence-electron chi connectivity index (χ2n) is 9.37. The molecule has 3 aliphatic rings. The number of hydrogen-bond acceptors (Lipinski definition) is 4. The SMILES string of the molecule is CC1(C)Nc2c(cc(-c3cccc4c3NC(=O)C4=O)c3c2CCC3)C(C)(C)C1=O. The third-order valence-corrected chi connectivity index (χ3v) is 6.69. The van der Waals surface area contributed by atoms with Crippen molar-refractivity contribution >= 4 is 28.8 Å². The first kappa shape index (κ1) is 18.1. The van der Waals surface area contributed by atoms with Gasteiger partial charge >= 0.3 is 0 Å². The molecule has 0 bridgehead atoms. The van der Waals surface area contributed by atoms with Gasteiger partial charge in [-0.3, -0.25) is 14.4 Å². The van der Waals surface area contributed by atoms with Gasteiger partial charge in [-0.15, -0.1) is 0 Å². The van der Waals surface area contributed by atoms with Crippen LogP contribution in [-0.4, -0.2) is 23.0 Å². The maximum absolute atomic E-state index is 13.2. The van der Waals surface area contributed by atoms with Crippen molar-refractivity contribution in [3.05, 3.63) is 46.5 Å². The Balaban J connectivity index is 1.81. The topological polar surface area (TPSA) is 75.3 Å². The summed E-state index contributed by atoms with van der Waals surface area (Å²) in [5.41, 5.74) is 6.22. The summed E-state index contributed by atoms with van der Waals surface area (Å²) < 4.78 is 0. The van der Waals surface area contributed by atoms with Gasteiger partial charge in [-0.1, -0.05) is 12.1 Å². The lowest BCUT2D eigenvalue weighted by Crippen LogP contribution is -2.53. The molecule has 0 fully saturated rings. The molecule has 5 rings (SSSR count). The van der Waals surface area contributed by atoms with Crippen LogP contribution in [0.3, 0.4) is 0 Å². The monoisotopic (exact) mass is 388 g/mol. The fourth-order valence-corrected chi connectivity index (χ4v) is 5.33. The van der Waals surface area contributed by atoms with Crippen molar-refractivity contribution < 1.29 is 14.4 Å². The van der Waals surface area contributed by atoms with Crippen LogP contribution in [0.25, 0.3) is 11.1 Å². The van der Waals surface area contributed by atoms with E-state index in [1.54, 1.807) is 6.07 Å². The zero-order valence-corrected chi connectivity index (χ0v) is 17.2. The molecule has 0 saturated carbocycles. The van der Waals surface area contributed by atoms with E-state index in [4.69, 9.17) is 0 Å². The summed E-state index contributed by atoms with van der Waals surface area (Å²) in [5, 5.41) is 6.27. The predicted octanol–water partition coefficient (Wildman–Crippen LogP) is 4.03. The molecule has 2 aromatic rings. The van der Waals surface area contributed by atoms with Gasteiger partial charge in [-0.05, 0) is 81.3 Å². The van der Waals surface area contributed by atoms with Gasteiger partial charge in [0.15, 0.2) is 5.78 Å². The molecule has 2 N–H and O–H groups in total. The fourth-order valence-electron chi connectivity index (χ4n) is 5.33. The Bertz CT molecular complexity index is 1140. The molecule has 0 unspecified atom stereocenters. The normalized spacial score (nSPS) is 20.6. The first-order chi connectivity index (χ1) is 13.6. The Hall–Kier alpha value is -2.95. The first-order valence-electron chi connectivity index (χ1n) is 10.1. The number of carbonyl (C=O) groups is 3. The van der Waals surface area contributed by atoms with E-state index in [2.05, 4.69) is 16.7 Å². The molecular formula is C24H24N2O3. The third kappa shape index (κ3) is 2.30. The average molecular weight is 388 g/mol. The minimum Gasteiger partial charge on any atom is -0.373 e. The average Bonchev–Trinajstić information content (AvgIpc) is 3.26. The van der Waals surface area contributed by atoms with Crippen LogP contribution >= 0.6 is 0 Å². The number of amides is 1. The molecule has 0 saturated heterocycles. The van der Waals surface area contributed by atoms with Gasteiger partial charge in [0.1, 0.15) is 0 Å². The second kappa shape index (κ2) is 5.56. The van der Waals surface area contributed by atoms with Crippen molar-refractivity contribution in [2.45, 2.75) is 57.9 Å². The summed E-state index contributed by atoms with van der Waals surface area (Å²) >= 11 is 0. The number of anilines is 2. The Kier molecular flexibility index (Phi) is 3.47. The van der Waals surface area contributed by atoms with Gasteiger partial charge in [-0.25, -0.2) is 0 Å². The summed E-state index contributed by atoms with van der Waals surface area (Å²) in [4.78, 5) is 37.4. The van der Waals surface area contributed by atoms with E-state index in [9.17, 15) is 14.4 Å². The van der Waals surface area contributed by atoms with Crippen molar-refractivity contribution in [1.82, 2.24) is 0 Å². The van der Waals surface area contributed by atoms with Crippen LogP contribution in [0.1, 0.15) is 61.2 Å². The maximum Gasteiger partial charge on any atom is 0.296 e. The number of nitrogens with one attached hydrogen (secondary N) is 2. The van der Waals surface area contributed by atoms with Crippen LogP contribution in [0, 0.1) is 0 Å². The van der Waals surface area contributed by atoms with E-state index in [1.807, 2.05) is 39.8 Å². The third-order valence-electron chi connectivity index (χ3n) is 6.69. The summed E-state index contributed by atoms with van der Waals surface area (Å²) in [6, 6.07) is 7.57. The summed E-state index contributed by atoms with van der Waals surface area (Å²) in [7, 11) is 0. The molecule has 29 heavy (non-hydrogen) atoms. The number of para-hydroxylation sites is 1. The molecule has 1 amide bonds. The zero-order chi connectivity index (χ0) is 20.7. The Labute approximate surface area is 169 Å². The lowest BCUT2D eigenvalue weighted by molar-refractivity contribution is -0.127. The van der Waals surface area contributed by atoms with Gasteiger partial charge in [0.25, 0.3) is 11.7 Å². The first-order valence-corrected chi connectivity index (χ1v) is 10.1. The molecule has 148 valence electrons. The highest BCUT2D eigenvalue weighted by Gasteiger charge is 2.47. The van der Waals surface area contributed by atoms with Crippen molar-refractivity contribution in [3.8, 4) is 11.1 Å². The van der Waals surface area contributed by atoms with Crippen LogP contribution in [-0.2, 0) is 27.8 Å². The largest absolute Gasteiger partial charge is 0.373 e. The zero-order valence-electron chi connectivity index (χ0n) is 17.2. The van der Waals surface area contributed by atoms with E-state index in [1.165, 1.54) is 11.1 Å². The maximum atomic E-state index is 13.2. The van der Waals surface area contributed by atoms with Gasteiger partial charge in [0.05, 0.1) is 22.2 Å². The van der Waals surface area contributed by atoms with Gasteiger partial charge in [0, 0.05) is 11.3 Å². The molecule has 2 aliphatic heterocycles. The lowest BCUT2D eigenvalue weighted by Gasteiger charge is -2.43. The van der Waals surface area contributed by atoms with Gasteiger partial charge in [0.2, 0.25) is 0 Å². The van der Waals surface area contributed by atoms with Crippen molar-refractivity contribution in [2.75, 3.05) is 10.6 Å². The lowest BCUT2D eigenvalue weighted by atomic mass is 9.68. The molecule has 0 aromatic heterocycles. The molecule has 0 radical (unpaired) electrons. The number of Topliss-reactive ketones (excluding diaryl/α,β-unsaturated/α-hetero) is 2. The number of benzene rings is 2. The molecule has 1 aliphatic carbocycles. The predicted molar refractivity (Wildman–Crippen MR) is 113 cm³/mol. The molecule has 5 heteroatoms. The molecular weight excluding hydrogens is 364 g/mol. The highest BCUT2D eigenvalue weighted by Crippen LogP contribution is 2.49. The number of carbonyl (C=O) groups excluding carboxylic acids is 3. The minimum atomic E-state index is -0.631. The Morgan fingerprint density at radius 2 is 1.55 bits per heavy atom. The van der Waals surface area contributed by atoms with Crippen LogP contribution in [0.5, 0.6) is 0 Å². The number of ketones is 2. The Morgan fingerprint density at radius 3 is 2.31 bits per heavy atom. The smallest absolute Gasteiger partial charge is 0.296 e. The molecule has 0 atom stereocenters. The van der Waals surface area contributed by atoms with E-state index in [-0.39, 0.29) is 5.78 Å². The van der Waals surface area contributed by atoms with Gasteiger partial charge in [-0.2, -0.15) is 0 Å². The quantitative estimate of drug-likeness (QED) is 0.724. The van der Waals surface area contributed by atoms with Crippen LogP contribution in [0.15, 0.2) is 24.3 Å². The van der Waals surface area contributed by atoms with Crippen molar-refractivity contribution in [1.29, 1.82) is 0 Å². The van der Waals surface area contributed by atoms with E-state index in [0.29, 0.717) is 11.3 Å². The van der Waals surface area contributed by atoms with E-state index >= 15 is 0 Å². The summed E-state index contributed by atoms with van der Waals surface area (Å²) in [5.74, 6) is -0.917. The van der Waals surface area contributed by atoms with E-state index in [0.717, 1.165) is 41.6 Å². The second-order valence-corrected chi connectivity index (χ2v) is 9.37. The molecule has 0 spiro atoms. The molecule has 5 nitrogen and oxygen atoms in total. The summed E-state index contributed by atoms with van der Waals surface area (Å²) in [6.07, 6.45) is 2.95. The number of hydrogen-bond donors (Lipinski definition) is 2. The van der Waals surface area contributed by atoms with E-state index < -0.39 is 22.6 Å². The van der Waals surface area contributed by atoms with Crippen molar-refractivity contribution in [3.63, 3.8) is 0 Å². The number of rotatable bonds is 1. The standard InChI is InChI=1S/C24H24N2O3/c1-23(2)17-11-16(14-9-6-10-15-18(14)25-21(28)20(15)27)12-7-5-8-13(12)19(17)26-24(3,4)22(23)29/h6,9-11,26H,5,7-8H2,1-4H3,(H,25,27,28). The van der Waals surface area contributed by atoms with Crippen LogP contribution < -0.4 is 10.6 Å². The van der Waals surface area contributed by atoms with Crippen LogP contribution in [0.2, 0.25) is 0 Å².